The van der Waals surface area contributed by atoms with E-state index in [4.69, 9.17) is 0 Å². The number of piperidine rings is 1. The van der Waals surface area contributed by atoms with Gasteiger partial charge in [0.25, 0.3) is 0 Å². The van der Waals surface area contributed by atoms with Gasteiger partial charge in [-0.05, 0) is 44.4 Å². The number of rotatable bonds is 4. The highest BCUT2D eigenvalue weighted by molar-refractivity contribution is 5.78. The number of benzene rings is 1. The Kier molecular flexibility index (Phi) is 5.91. The van der Waals surface area contributed by atoms with Crippen LogP contribution in [0.5, 0.6) is 0 Å². The monoisotopic (exact) mass is 349 g/mol. The molecular weight excluding hydrogens is 321 g/mol. The number of carbonyl (C=O) groups excluding carboxylic acids is 1. The number of likely N-dealkylation sites (tertiary alicyclic amines) is 1. The summed E-state index contributed by atoms with van der Waals surface area (Å²) in [7, 11) is 0. The second kappa shape index (κ2) is 8.15. The number of aliphatic hydroxyl groups is 1. The van der Waals surface area contributed by atoms with Crippen molar-refractivity contribution in [1.82, 2.24) is 9.80 Å². The highest BCUT2D eigenvalue weighted by atomic mass is 19.1. The third-order valence-corrected chi connectivity index (χ3v) is 5.41. The molecule has 2 aliphatic heterocycles. The fourth-order valence-electron chi connectivity index (χ4n) is 3.82. The van der Waals surface area contributed by atoms with E-state index in [2.05, 4.69) is 4.90 Å². The number of para-hydroxylation sites is 1. The molecule has 2 saturated heterocycles. The molecule has 2 aliphatic rings. The van der Waals surface area contributed by atoms with Gasteiger partial charge < -0.3 is 14.9 Å². The summed E-state index contributed by atoms with van der Waals surface area (Å²) in [6.07, 6.45) is 1.75. The van der Waals surface area contributed by atoms with Crippen LogP contribution in [0.3, 0.4) is 0 Å². The van der Waals surface area contributed by atoms with Crippen LogP contribution in [0.15, 0.2) is 24.3 Å². The predicted molar refractivity (Wildman–Crippen MR) is 96.0 cm³/mol. The van der Waals surface area contributed by atoms with Crippen LogP contribution in [-0.2, 0) is 4.79 Å². The van der Waals surface area contributed by atoms with Crippen LogP contribution >= 0.6 is 0 Å². The Labute approximate surface area is 149 Å². The Morgan fingerprint density at radius 2 is 1.96 bits per heavy atom. The SMILES string of the molecule is CC(O)C1CCCN(CC(=O)N2CCN(c3ccccc3F)CC2)C1. The van der Waals surface area contributed by atoms with Crippen molar-refractivity contribution in [2.75, 3.05) is 50.7 Å². The fraction of sp³-hybridized carbons (Fsp3) is 0.632. The minimum absolute atomic E-state index is 0.138. The minimum atomic E-state index is -0.317. The Bertz CT molecular complexity index is 588. The molecule has 1 aromatic carbocycles. The van der Waals surface area contributed by atoms with Crippen molar-refractivity contribution in [3.63, 3.8) is 0 Å². The largest absolute Gasteiger partial charge is 0.393 e. The van der Waals surface area contributed by atoms with Gasteiger partial charge in [0, 0.05) is 32.7 Å². The number of nitrogens with zero attached hydrogens (tertiary/aromatic N) is 3. The van der Waals surface area contributed by atoms with Crippen LogP contribution in [-0.4, -0.2) is 72.7 Å². The van der Waals surface area contributed by atoms with E-state index in [1.165, 1.54) is 6.07 Å². The van der Waals surface area contributed by atoms with Crippen molar-refractivity contribution >= 4 is 11.6 Å². The van der Waals surface area contributed by atoms with Crippen LogP contribution in [0, 0.1) is 11.7 Å². The van der Waals surface area contributed by atoms with E-state index in [0.717, 1.165) is 25.9 Å². The summed E-state index contributed by atoms with van der Waals surface area (Å²) >= 11 is 0. The first-order valence-electron chi connectivity index (χ1n) is 9.22. The number of carbonyl (C=O) groups is 1. The van der Waals surface area contributed by atoms with Crippen molar-refractivity contribution in [3.05, 3.63) is 30.1 Å². The van der Waals surface area contributed by atoms with E-state index in [0.29, 0.717) is 38.4 Å². The summed E-state index contributed by atoms with van der Waals surface area (Å²) in [6, 6.07) is 6.79. The fourth-order valence-corrected chi connectivity index (χ4v) is 3.82. The van der Waals surface area contributed by atoms with Crippen LogP contribution in [0.25, 0.3) is 0 Å². The zero-order chi connectivity index (χ0) is 17.8. The standard InChI is InChI=1S/C19H28FN3O2/c1-15(24)16-5-4-8-21(13-16)14-19(25)23-11-9-22(10-12-23)18-7-3-2-6-17(18)20/h2-3,6-7,15-16,24H,4-5,8-14H2,1H3. The van der Waals surface area contributed by atoms with Crippen LogP contribution < -0.4 is 4.90 Å². The molecule has 2 atom stereocenters. The lowest BCUT2D eigenvalue weighted by Gasteiger charge is -2.38. The molecule has 0 radical (unpaired) electrons. The van der Waals surface area contributed by atoms with Crippen molar-refractivity contribution in [1.29, 1.82) is 0 Å². The molecule has 5 nitrogen and oxygen atoms in total. The van der Waals surface area contributed by atoms with Crippen molar-refractivity contribution in [3.8, 4) is 0 Å². The van der Waals surface area contributed by atoms with Gasteiger partial charge in [0.15, 0.2) is 0 Å². The van der Waals surface area contributed by atoms with Gasteiger partial charge in [-0.2, -0.15) is 0 Å². The summed E-state index contributed by atoms with van der Waals surface area (Å²) in [5.74, 6) is 0.193. The Balaban J connectivity index is 1.49. The van der Waals surface area contributed by atoms with Gasteiger partial charge >= 0.3 is 0 Å². The number of hydrogen-bond acceptors (Lipinski definition) is 4. The molecule has 2 unspecified atom stereocenters. The van der Waals surface area contributed by atoms with E-state index in [9.17, 15) is 14.3 Å². The first kappa shape index (κ1) is 18.1. The number of piperazine rings is 1. The number of amides is 1. The number of hydrogen-bond donors (Lipinski definition) is 1. The third-order valence-electron chi connectivity index (χ3n) is 5.41. The van der Waals surface area contributed by atoms with Crippen LogP contribution in [0.2, 0.25) is 0 Å². The zero-order valence-corrected chi connectivity index (χ0v) is 14.9. The van der Waals surface area contributed by atoms with Gasteiger partial charge in [-0.25, -0.2) is 4.39 Å². The molecule has 0 bridgehead atoms. The van der Waals surface area contributed by atoms with E-state index in [-0.39, 0.29) is 23.7 Å². The zero-order valence-electron chi connectivity index (χ0n) is 14.9. The summed E-state index contributed by atoms with van der Waals surface area (Å²) in [5.41, 5.74) is 0.616. The molecule has 1 N–H and O–H groups in total. The molecule has 138 valence electrons. The number of halogens is 1. The summed E-state index contributed by atoms with van der Waals surface area (Å²) in [4.78, 5) is 18.6. The normalized spacial score (nSPS) is 23.6. The molecule has 2 fully saturated rings. The third kappa shape index (κ3) is 4.50. The summed E-state index contributed by atoms with van der Waals surface area (Å²) in [5, 5.41) is 9.78. The molecule has 1 aromatic rings. The maximum atomic E-state index is 13.9. The molecule has 6 heteroatoms. The van der Waals surface area contributed by atoms with Crippen molar-refractivity contribution in [2.24, 2.45) is 5.92 Å². The molecule has 0 aromatic heterocycles. The second-order valence-corrected chi connectivity index (χ2v) is 7.20. The Morgan fingerprint density at radius 3 is 2.64 bits per heavy atom. The molecule has 1 amide bonds. The predicted octanol–water partition coefficient (Wildman–Crippen LogP) is 1.57. The van der Waals surface area contributed by atoms with Crippen molar-refractivity contribution < 1.29 is 14.3 Å². The van der Waals surface area contributed by atoms with Gasteiger partial charge in [0.1, 0.15) is 5.82 Å². The first-order chi connectivity index (χ1) is 12.0. The average molecular weight is 349 g/mol. The molecule has 0 spiro atoms. The average Bonchev–Trinajstić information content (AvgIpc) is 2.62. The first-order valence-corrected chi connectivity index (χ1v) is 9.22. The van der Waals surface area contributed by atoms with Crippen LogP contribution in [0.1, 0.15) is 19.8 Å². The lowest BCUT2D eigenvalue weighted by molar-refractivity contribution is -0.133. The Hall–Kier alpha value is -1.66. The smallest absolute Gasteiger partial charge is 0.236 e. The molecule has 0 saturated carbocycles. The van der Waals surface area contributed by atoms with Gasteiger partial charge in [-0.15, -0.1) is 0 Å². The molecule has 0 aliphatic carbocycles. The van der Waals surface area contributed by atoms with Gasteiger partial charge in [0.05, 0.1) is 18.3 Å². The Morgan fingerprint density at radius 1 is 1.24 bits per heavy atom. The molecule has 3 rings (SSSR count). The van der Waals surface area contributed by atoms with Crippen LogP contribution in [0.4, 0.5) is 10.1 Å². The lowest BCUT2D eigenvalue weighted by atomic mass is 9.93. The minimum Gasteiger partial charge on any atom is -0.393 e. The maximum Gasteiger partial charge on any atom is 0.236 e. The van der Waals surface area contributed by atoms with Gasteiger partial charge in [-0.3, -0.25) is 9.69 Å². The van der Waals surface area contributed by atoms with E-state index in [1.807, 2.05) is 22.8 Å². The van der Waals surface area contributed by atoms with E-state index < -0.39 is 0 Å². The van der Waals surface area contributed by atoms with Gasteiger partial charge in [-0.1, -0.05) is 12.1 Å². The summed E-state index contributed by atoms with van der Waals surface area (Å²) < 4.78 is 13.9. The summed E-state index contributed by atoms with van der Waals surface area (Å²) in [6.45, 7) is 6.53. The molecule has 2 heterocycles. The lowest BCUT2D eigenvalue weighted by Crippen LogP contribution is -2.52. The van der Waals surface area contributed by atoms with E-state index in [1.54, 1.807) is 12.1 Å². The highest BCUT2D eigenvalue weighted by Gasteiger charge is 2.27. The quantitative estimate of drug-likeness (QED) is 0.896. The maximum absolute atomic E-state index is 13.9. The second-order valence-electron chi connectivity index (χ2n) is 7.20. The number of anilines is 1. The molecular formula is C19H28FN3O2. The topological polar surface area (TPSA) is 47.0 Å². The highest BCUT2D eigenvalue weighted by Crippen LogP contribution is 2.21. The van der Waals surface area contributed by atoms with Gasteiger partial charge in [0.2, 0.25) is 5.91 Å². The molecule has 25 heavy (non-hydrogen) atoms. The number of aliphatic hydroxyl groups excluding tert-OH is 1. The van der Waals surface area contributed by atoms with E-state index >= 15 is 0 Å². The van der Waals surface area contributed by atoms with Crippen molar-refractivity contribution in [2.45, 2.75) is 25.9 Å².